The number of hydrogen-bond acceptors (Lipinski definition) is 0. The van der Waals surface area contributed by atoms with Gasteiger partial charge in [0, 0.05) is 0 Å². The van der Waals surface area contributed by atoms with E-state index in [0.717, 1.165) is 0 Å². The molecule has 1 aromatic carbocycles. The van der Waals surface area contributed by atoms with Gasteiger partial charge in [-0.3, -0.25) is 0 Å². The number of rotatable bonds is 3. The Bertz CT molecular complexity index is 774. The van der Waals surface area contributed by atoms with E-state index in [-0.39, 0.29) is 44.0 Å². The molecule has 1 aromatic heterocycles. The van der Waals surface area contributed by atoms with Crippen LogP contribution in [0.2, 0.25) is 18.1 Å². The second-order valence-electron chi connectivity index (χ2n) is 7.00. The molecule has 24 heavy (non-hydrogen) atoms. The van der Waals surface area contributed by atoms with Gasteiger partial charge in [-0.15, -0.1) is 0 Å². The Morgan fingerprint density at radius 1 is 1.00 bits per heavy atom. The van der Waals surface area contributed by atoms with Crippen LogP contribution in [0.3, 0.4) is 0 Å². The average molecular weight is 414 g/mol. The van der Waals surface area contributed by atoms with E-state index in [4.69, 9.17) is 0 Å². The summed E-state index contributed by atoms with van der Waals surface area (Å²) in [5.74, 6) is 0. The van der Waals surface area contributed by atoms with Crippen molar-refractivity contribution >= 4 is 23.7 Å². The third-order valence-electron chi connectivity index (χ3n) is 5.74. The number of halogens is 2. The van der Waals surface area contributed by atoms with Crippen molar-refractivity contribution < 1.29 is 44.0 Å². The zero-order valence-corrected chi connectivity index (χ0v) is 19.4. The van der Waals surface area contributed by atoms with Crippen LogP contribution in [0.4, 0.5) is 0 Å². The largest absolute Gasteiger partial charge is 1.00 e. The predicted octanol–water partition coefficient (Wildman–Crippen LogP) is -1.25. The molecule has 0 spiro atoms. The van der Waals surface area contributed by atoms with E-state index in [1.54, 1.807) is 20.6 Å². The Balaban J connectivity index is 0.00000144. The van der Waals surface area contributed by atoms with Crippen LogP contribution in [0.25, 0.3) is 10.9 Å². The van der Waals surface area contributed by atoms with Gasteiger partial charge in [-0.25, -0.2) is 0 Å². The third-order valence-corrected chi connectivity index (χ3v) is 11.9. The summed E-state index contributed by atoms with van der Waals surface area (Å²) in [6.07, 6.45) is 0. The van der Waals surface area contributed by atoms with E-state index in [1.807, 2.05) is 0 Å². The second-order valence-corrected chi connectivity index (χ2v) is 12.5. The number of fused-ring (bicyclic) bond motifs is 1. The molecule has 0 fully saturated rings. The van der Waals surface area contributed by atoms with E-state index >= 15 is 0 Å². The van der Waals surface area contributed by atoms with Gasteiger partial charge in [0.05, 0.1) is 0 Å². The van der Waals surface area contributed by atoms with Crippen LogP contribution in [0.5, 0.6) is 0 Å². The molecule has 0 saturated heterocycles. The maximum atomic E-state index is 3.67. The molecule has 0 radical (unpaired) electrons. The van der Waals surface area contributed by atoms with Crippen LogP contribution in [-0.2, 0) is 19.2 Å². The summed E-state index contributed by atoms with van der Waals surface area (Å²) in [4.78, 5) is 3.67. The van der Waals surface area contributed by atoms with Crippen molar-refractivity contribution in [3.63, 3.8) is 0 Å². The Labute approximate surface area is 168 Å². The maximum absolute atomic E-state index is 3.67. The van der Waals surface area contributed by atoms with Crippen molar-refractivity contribution in [2.75, 3.05) is 0 Å². The quantitative estimate of drug-likeness (QED) is 0.605. The molecule has 3 rings (SSSR count). The number of allylic oxidation sites excluding steroid dienone is 4. The van der Waals surface area contributed by atoms with Crippen LogP contribution in [0.15, 0.2) is 50.9 Å². The van der Waals surface area contributed by atoms with Crippen molar-refractivity contribution in [2.45, 2.75) is 45.8 Å². The van der Waals surface area contributed by atoms with E-state index in [2.05, 4.69) is 76.1 Å². The van der Waals surface area contributed by atoms with Crippen LogP contribution in [0.1, 0.15) is 27.7 Å². The molecule has 0 saturated carbocycles. The van der Waals surface area contributed by atoms with Crippen LogP contribution in [-0.4, -0.2) is 13.8 Å². The number of aromatic amines is 1. The standard InChI is InChI=1S/C11H19Si.C8H6N.2ClH.Ti/c1-8-7-11(4,12(5)6)10(3)9(8)2;1-2-4-8-7(3-1)5-6-9-8;;;/h12H,1-6H3;1-5,9H;2*1H;/q;;;;+2/p-2. The molecule has 2 aromatic rings. The van der Waals surface area contributed by atoms with Crippen molar-refractivity contribution in [2.24, 2.45) is 0 Å². The minimum Gasteiger partial charge on any atom is -1.00 e. The fourth-order valence-electron chi connectivity index (χ4n) is 3.66. The summed E-state index contributed by atoms with van der Waals surface area (Å²) in [6.45, 7) is 14.6. The Morgan fingerprint density at radius 3 is 2.21 bits per heavy atom. The Kier molecular flexibility index (Phi) is 7.24. The minimum absolute atomic E-state index is 0. The number of nitrogens with one attached hydrogen (secondary N) is 1. The zero-order valence-electron chi connectivity index (χ0n) is 15.2. The van der Waals surface area contributed by atoms with Gasteiger partial charge in [0.1, 0.15) is 0 Å². The van der Waals surface area contributed by atoms with Gasteiger partial charge >= 0.3 is 145 Å². The topological polar surface area (TPSA) is 15.8 Å². The number of benzene rings is 1. The van der Waals surface area contributed by atoms with E-state index in [1.165, 1.54) is 14.9 Å². The van der Waals surface area contributed by atoms with Gasteiger partial charge in [-0.2, -0.15) is 0 Å². The zero-order chi connectivity index (χ0) is 16.1. The van der Waals surface area contributed by atoms with Gasteiger partial charge in [-0.05, 0) is 0 Å². The van der Waals surface area contributed by atoms with Crippen molar-refractivity contribution in [1.29, 1.82) is 0 Å². The van der Waals surface area contributed by atoms with Gasteiger partial charge in [0.2, 0.25) is 0 Å². The maximum Gasteiger partial charge on any atom is -1.00 e. The van der Waals surface area contributed by atoms with Crippen LogP contribution < -0.4 is 28.8 Å². The SMILES string of the molecule is CC1=C(C)C(C)([SiH](C)C)[C]([Ti+2][c]2cc3ccccc3[nH]2)=C1C.[Cl-].[Cl-]. The molecule has 1 aliphatic carbocycles. The van der Waals surface area contributed by atoms with Gasteiger partial charge in [0.15, 0.2) is 0 Å². The molecule has 1 atom stereocenters. The molecular formula is C19H25Cl2NSiTi. The van der Waals surface area contributed by atoms with Gasteiger partial charge < -0.3 is 24.8 Å². The first kappa shape index (κ1) is 21.8. The predicted molar refractivity (Wildman–Crippen MR) is 96.3 cm³/mol. The number of H-pyrrole nitrogens is 1. The van der Waals surface area contributed by atoms with E-state index in [0.29, 0.717) is 5.04 Å². The number of hydrogen-bond donors (Lipinski definition) is 1. The van der Waals surface area contributed by atoms with Crippen molar-refractivity contribution in [3.8, 4) is 0 Å². The summed E-state index contributed by atoms with van der Waals surface area (Å²) in [5, 5.41) is 1.73. The first-order valence-electron chi connectivity index (χ1n) is 8.10. The summed E-state index contributed by atoms with van der Waals surface area (Å²) in [5.41, 5.74) is 6.06. The molecule has 1 unspecified atom stereocenters. The molecule has 1 nitrogen and oxygen atoms in total. The molecule has 1 heterocycles. The molecule has 0 bridgehead atoms. The molecular weight excluding hydrogens is 389 g/mol. The Hall–Kier alpha value is -0.249. The first-order valence-corrected chi connectivity index (χ1v) is 12.5. The fourth-order valence-corrected chi connectivity index (χ4v) is 9.55. The second kappa shape index (κ2) is 7.97. The molecule has 1 N–H and O–H groups in total. The van der Waals surface area contributed by atoms with Crippen molar-refractivity contribution in [3.05, 3.63) is 50.9 Å². The fraction of sp³-hybridized carbons (Fsp3) is 0.368. The molecule has 128 valence electrons. The Morgan fingerprint density at radius 2 is 1.62 bits per heavy atom. The number of aromatic nitrogens is 1. The van der Waals surface area contributed by atoms with Gasteiger partial charge in [0.25, 0.3) is 0 Å². The van der Waals surface area contributed by atoms with Gasteiger partial charge in [-0.1, -0.05) is 0 Å². The normalized spacial score (nSPS) is 20.3. The summed E-state index contributed by atoms with van der Waals surface area (Å²) in [7, 11) is -0.806. The summed E-state index contributed by atoms with van der Waals surface area (Å²) < 4.78 is 3.25. The minimum atomic E-state index is -0.806. The van der Waals surface area contributed by atoms with E-state index in [9.17, 15) is 0 Å². The molecule has 0 amide bonds. The van der Waals surface area contributed by atoms with E-state index < -0.39 is 8.80 Å². The van der Waals surface area contributed by atoms with Crippen molar-refractivity contribution in [1.82, 2.24) is 4.98 Å². The summed E-state index contributed by atoms with van der Waals surface area (Å²) in [6, 6.07) is 11.0. The molecule has 0 aliphatic heterocycles. The molecule has 1 aliphatic rings. The summed E-state index contributed by atoms with van der Waals surface area (Å²) >= 11 is -0.286. The van der Waals surface area contributed by atoms with Crippen LogP contribution >= 0.6 is 0 Å². The smallest absolute Gasteiger partial charge is 1.00 e. The monoisotopic (exact) mass is 413 g/mol. The van der Waals surface area contributed by atoms with Crippen LogP contribution in [0, 0.1) is 0 Å². The third kappa shape index (κ3) is 3.37. The first-order chi connectivity index (χ1) is 10.4. The number of para-hydroxylation sites is 1. The molecule has 5 heteroatoms. The average Bonchev–Trinajstić information content (AvgIpc) is 2.97.